The zero-order chi connectivity index (χ0) is 19.3. The summed E-state index contributed by atoms with van der Waals surface area (Å²) in [6, 6.07) is 17.2. The van der Waals surface area contributed by atoms with Crippen molar-refractivity contribution in [3.63, 3.8) is 0 Å². The molecule has 2 heterocycles. The Bertz CT molecular complexity index is 931. The Balaban J connectivity index is 1.43. The van der Waals surface area contributed by atoms with Gasteiger partial charge in [-0.25, -0.2) is 4.98 Å². The molecule has 0 saturated carbocycles. The van der Waals surface area contributed by atoms with Crippen molar-refractivity contribution in [2.24, 2.45) is 0 Å². The molecule has 144 valence electrons. The van der Waals surface area contributed by atoms with Crippen molar-refractivity contribution in [3.8, 4) is 0 Å². The largest absolute Gasteiger partial charge is 0.447 e. The van der Waals surface area contributed by atoms with Crippen LogP contribution in [-0.2, 0) is 20.7 Å². The Labute approximate surface area is 168 Å². The number of likely N-dealkylation sites (tertiary alicyclic amines) is 1. The van der Waals surface area contributed by atoms with Gasteiger partial charge in [0.05, 0.1) is 21.6 Å². The quantitative estimate of drug-likeness (QED) is 0.590. The van der Waals surface area contributed by atoms with Gasteiger partial charge in [0.25, 0.3) is 5.91 Å². The summed E-state index contributed by atoms with van der Waals surface area (Å²) in [6.07, 6.45) is 1.84. The van der Waals surface area contributed by atoms with Crippen LogP contribution in [0.15, 0.2) is 54.6 Å². The number of benzene rings is 2. The van der Waals surface area contributed by atoms with Crippen LogP contribution >= 0.6 is 11.3 Å². The Morgan fingerprint density at radius 3 is 2.50 bits per heavy atom. The lowest BCUT2D eigenvalue weighted by Gasteiger charge is -2.23. The van der Waals surface area contributed by atoms with Gasteiger partial charge in [-0.15, -0.1) is 11.3 Å². The molecule has 1 aliphatic rings. The first kappa shape index (κ1) is 18.6. The summed E-state index contributed by atoms with van der Waals surface area (Å²) < 4.78 is 6.76. The lowest BCUT2D eigenvalue weighted by molar-refractivity contribution is -0.160. The molecule has 5 nitrogen and oxygen atoms in total. The average Bonchev–Trinajstić information content (AvgIpc) is 3.40. The number of esters is 1. The zero-order valence-electron chi connectivity index (χ0n) is 15.5. The number of aromatic nitrogens is 1. The minimum Gasteiger partial charge on any atom is -0.447 e. The second-order valence-electron chi connectivity index (χ2n) is 6.89. The number of ether oxygens (including phenoxy) is 1. The summed E-state index contributed by atoms with van der Waals surface area (Å²) in [5.74, 6) is -0.502. The molecule has 1 amide bonds. The minimum atomic E-state index is -0.873. The molecule has 0 unspecified atom stereocenters. The Kier molecular flexibility index (Phi) is 5.67. The molecule has 0 bridgehead atoms. The molecule has 1 atom stereocenters. The molecule has 1 aromatic heterocycles. The Hall–Kier alpha value is -2.73. The maximum Gasteiger partial charge on any atom is 0.307 e. The van der Waals surface area contributed by atoms with Gasteiger partial charge in [-0.2, -0.15) is 0 Å². The van der Waals surface area contributed by atoms with E-state index in [1.165, 1.54) is 0 Å². The predicted octanol–water partition coefficient (Wildman–Crippen LogP) is 4.14. The highest BCUT2D eigenvalue weighted by Gasteiger charge is 2.30. The summed E-state index contributed by atoms with van der Waals surface area (Å²) >= 11 is 1.59. The molecule has 4 rings (SSSR count). The molecule has 1 fully saturated rings. The van der Waals surface area contributed by atoms with E-state index in [9.17, 15) is 9.59 Å². The van der Waals surface area contributed by atoms with E-state index in [-0.39, 0.29) is 18.3 Å². The van der Waals surface area contributed by atoms with Gasteiger partial charge in [-0.3, -0.25) is 9.59 Å². The van der Waals surface area contributed by atoms with E-state index in [0.717, 1.165) is 41.2 Å². The lowest BCUT2D eigenvalue weighted by Crippen LogP contribution is -2.34. The third kappa shape index (κ3) is 4.22. The topological polar surface area (TPSA) is 59.5 Å². The molecule has 1 saturated heterocycles. The Morgan fingerprint density at radius 1 is 1.04 bits per heavy atom. The number of hydrogen-bond donors (Lipinski definition) is 0. The fourth-order valence-electron chi connectivity index (χ4n) is 3.42. The van der Waals surface area contributed by atoms with Crippen LogP contribution in [0.25, 0.3) is 10.2 Å². The van der Waals surface area contributed by atoms with E-state index in [2.05, 4.69) is 4.98 Å². The van der Waals surface area contributed by atoms with E-state index < -0.39 is 6.10 Å². The Morgan fingerprint density at radius 2 is 1.75 bits per heavy atom. The van der Waals surface area contributed by atoms with Gasteiger partial charge in [0.1, 0.15) is 0 Å². The van der Waals surface area contributed by atoms with Crippen LogP contribution in [0.4, 0.5) is 0 Å². The molecular formula is C22H22N2O3S. The van der Waals surface area contributed by atoms with Crippen molar-refractivity contribution in [3.05, 3.63) is 65.2 Å². The molecule has 2 aromatic carbocycles. The van der Waals surface area contributed by atoms with E-state index in [1.54, 1.807) is 16.2 Å². The van der Waals surface area contributed by atoms with E-state index >= 15 is 0 Å². The van der Waals surface area contributed by atoms with Gasteiger partial charge in [-0.05, 0) is 25.0 Å². The number of amides is 1. The lowest BCUT2D eigenvalue weighted by atomic mass is 10.1. The highest BCUT2D eigenvalue weighted by molar-refractivity contribution is 7.18. The molecule has 1 aliphatic heterocycles. The summed E-state index contributed by atoms with van der Waals surface area (Å²) in [7, 11) is 0. The molecule has 0 N–H and O–H groups in total. The first-order chi connectivity index (χ1) is 13.7. The van der Waals surface area contributed by atoms with Crippen LogP contribution in [-0.4, -0.2) is 34.8 Å². The average molecular weight is 394 g/mol. The second kappa shape index (κ2) is 8.52. The SMILES string of the molecule is O=C(CCc1nc2ccccc2s1)O[C@@H](C(=O)N1CCCC1)c1ccccc1. The van der Waals surface area contributed by atoms with Crippen molar-refractivity contribution in [1.29, 1.82) is 0 Å². The van der Waals surface area contributed by atoms with Crippen molar-refractivity contribution in [2.75, 3.05) is 13.1 Å². The van der Waals surface area contributed by atoms with Crippen LogP contribution in [0.1, 0.15) is 35.9 Å². The first-order valence-electron chi connectivity index (χ1n) is 9.58. The molecule has 28 heavy (non-hydrogen) atoms. The standard InChI is InChI=1S/C22H22N2O3S/c25-20(13-12-19-23-17-10-4-5-11-18(17)28-19)27-21(16-8-2-1-3-9-16)22(26)24-14-6-7-15-24/h1-5,8-11,21H,6-7,12-15H2/t21-/m1/s1. The van der Waals surface area contributed by atoms with Crippen LogP contribution < -0.4 is 0 Å². The van der Waals surface area contributed by atoms with E-state index in [1.807, 2.05) is 54.6 Å². The molecule has 0 aliphatic carbocycles. The predicted molar refractivity (Wildman–Crippen MR) is 109 cm³/mol. The van der Waals surface area contributed by atoms with Crippen LogP contribution in [0.3, 0.4) is 0 Å². The van der Waals surface area contributed by atoms with Gasteiger partial charge in [0.15, 0.2) is 0 Å². The summed E-state index contributed by atoms with van der Waals surface area (Å²) in [5, 5.41) is 0.903. The number of rotatable bonds is 6. The van der Waals surface area contributed by atoms with Gasteiger partial charge < -0.3 is 9.64 Å². The van der Waals surface area contributed by atoms with E-state index in [4.69, 9.17) is 4.74 Å². The van der Waals surface area contributed by atoms with Gasteiger partial charge in [0, 0.05) is 25.1 Å². The summed E-state index contributed by atoms with van der Waals surface area (Å²) in [5.41, 5.74) is 1.66. The molecule has 3 aromatic rings. The fourth-order valence-corrected chi connectivity index (χ4v) is 4.39. The smallest absolute Gasteiger partial charge is 0.307 e. The van der Waals surface area contributed by atoms with E-state index in [0.29, 0.717) is 12.0 Å². The van der Waals surface area contributed by atoms with Crippen LogP contribution in [0.2, 0.25) is 0 Å². The minimum absolute atomic E-state index is 0.128. The molecular weight excluding hydrogens is 372 g/mol. The number of fused-ring (bicyclic) bond motifs is 1. The maximum absolute atomic E-state index is 12.9. The van der Waals surface area contributed by atoms with Crippen molar-refractivity contribution < 1.29 is 14.3 Å². The maximum atomic E-state index is 12.9. The van der Waals surface area contributed by atoms with Crippen LogP contribution in [0, 0.1) is 0 Å². The number of nitrogens with zero attached hydrogens (tertiary/aromatic N) is 2. The number of aryl methyl sites for hydroxylation is 1. The zero-order valence-corrected chi connectivity index (χ0v) is 16.4. The fraction of sp³-hybridized carbons (Fsp3) is 0.318. The first-order valence-corrected chi connectivity index (χ1v) is 10.4. The third-order valence-electron chi connectivity index (χ3n) is 4.87. The van der Waals surface area contributed by atoms with Crippen molar-refractivity contribution >= 4 is 33.4 Å². The third-order valence-corrected chi connectivity index (χ3v) is 5.97. The highest BCUT2D eigenvalue weighted by atomic mass is 32.1. The monoisotopic (exact) mass is 394 g/mol. The number of para-hydroxylation sites is 1. The van der Waals surface area contributed by atoms with Gasteiger partial charge in [-0.1, -0.05) is 42.5 Å². The number of carbonyl (C=O) groups is 2. The highest BCUT2D eigenvalue weighted by Crippen LogP contribution is 2.25. The van der Waals surface area contributed by atoms with Gasteiger partial charge >= 0.3 is 5.97 Å². The van der Waals surface area contributed by atoms with Crippen molar-refractivity contribution in [2.45, 2.75) is 31.8 Å². The number of hydrogen-bond acceptors (Lipinski definition) is 5. The molecule has 0 spiro atoms. The summed E-state index contributed by atoms with van der Waals surface area (Å²) in [4.78, 5) is 31.8. The molecule has 0 radical (unpaired) electrons. The summed E-state index contributed by atoms with van der Waals surface area (Å²) in [6.45, 7) is 1.46. The number of thiazole rings is 1. The van der Waals surface area contributed by atoms with Gasteiger partial charge in [0.2, 0.25) is 6.10 Å². The normalized spacial score (nSPS) is 14.9. The molecule has 6 heteroatoms. The number of carbonyl (C=O) groups excluding carboxylic acids is 2. The second-order valence-corrected chi connectivity index (χ2v) is 8.00. The van der Waals surface area contributed by atoms with Crippen molar-refractivity contribution in [1.82, 2.24) is 9.88 Å². The van der Waals surface area contributed by atoms with Crippen LogP contribution in [0.5, 0.6) is 0 Å².